The quantitative estimate of drug-likeness (QED) is 0.613. The van der Waals surface area contributed by atoms with E-state index in [0.717, 1.165) is 6.54 Å². The van der Waals surface area contributed by atoms with Crippen LogP contribution in [0.25, 0.3) is 0 Å². The van der Waals surface area contributed by atoms with Crippen molar-refractivity contribution in [2.45, 2.75) is 60.8 Å². The highest BCUT2D eigenvalue weighted by Gasteiger charge is 2.28. The summed E-state index contributed by atoms with van der Waals surface area (Å²) < 4.78 is 0. The van der Waals surface area contributed by atoms with Crippen LogP contribution < -0.4 is 0 Å². The zero-order valence-electron chi connectivity index (χ0n) is 12.0. The summed E-state index contributed by atoms with van der Waals surface area (Å²) in [5, 5.41) is 0. The Kier molecular flexibility index (Phi) is 5.87. The molecule has 0 rings (SSSR count). The maximum Gasteiger partial charge on any atom is 0.00297 e. The molecule has 0 aliphatic heterocycles. The van der Waals surface area contributed by atoms with Crippen LogP contribution in [0, 0.1) is 10.8 Å². The van der Waals surface area contributed by atoms with Crippen LogP contribution in [0.1, 0.15) is 60.8 Å². The SMILES string of the molecule is CCCC(C)(C)CC(C)(C)CN(C)CC. The molecule has 0 atom stereocenters. The molecule has 0 amide bonds. The monoisotopic (exact) mass is 213 g/mol. The van der Waals surface area contributed by atoms with Crippen molar-refractivity contribution >= 4 is 0 Å². The lowest BCUT2D eigenvalue weighted by Gasteiger charge is -2.37. The minimum absolute atomic E-state index is 0.434. The largest absolute Gasteiger partial charge is 0.306 e. The van der Waals surface area contributed by atoms with Gasteiger partial charge in [0.15, 0.2) is 0 Å². The van der Waals surface area contributed by atoms with Gasteiger partial charge < -0.3 is 4.90 Å². The van der Waals surface area contributed by atoms with Crippen LogP contribution in [-0.2, 0) is 0 Å². The molecule has 0 saturated heterocycles. The van der Waals surface area contributed by atoms with Crippen molar-refractivity contribution in [2.24, 2.45) is 10.8 Å². The van der Waals surface area contributed by atoms with E-state index in [1.165, 1.54) is 25.8 Å². The fourth-order valence-corrected chi connectivity index (χ4v) is 2.96. The van der Waals surface area contributed by atoms with Crippen molar-refractivity contribution in [1.29, 1.82) is 0 Å². The molecular formula is C14H31N. The number of nitrogens with zero attached hydrogens (tertiary/aromatic N) is 1. The van der Waals surface area contributed by atoms with E-state index in [1.54, 1.807) is 0 Å². The van der Waals surface area contributed by atoms with Gasteiger partial charge in [-0.1, -0.05) is 48.0 Å². The summed E-state index contributed by atoms with van der Waals surface area (Å²) in [7, 11) is 2.22. The third-order valence-corrected chi connectivity index (χ3v) is 3.12. The minimum Gasteiger partial charge on any atom is -0.306 e. The third-order valence-electron chi connectivity index (χ3n) is 3.12. The van der Waals surface area contributed by atoms with Crippen molar-refractivity contribution in [3.05, 3.63) is 0 Å². The summed E-state index contributed by atoms with van der Waals surface area (Å²) in [5.41, 5.74) is 0.927. The molecule has 15 heavy (non-hydrogen) atoms. The topological polar surface area (TPSA) is 3.24 Å². The lowest BCUT2D eigenvalue weighted by Crippen LogP contribution is -2.34. The van der Waals surface area contributed by atoms with E-state index in [0.29, 0.717) is 10.8 Å². The van der Waals surface area contributed by atoms with E-state index in [9.17, 15) is 0 Å². The van der Waals surface area contributed by atoms with Gasteiger partial charge in [-0.25, -0.2) is 0 Å². The Hall–Kier alpha value is -0.0400. The first-order valence-corrected chi connectivity index (χ1v) is 6.41. The van der Waals surface area contributed by atoms with E-state index in [-0.39, 0.29) is 0 Å². The van der Waals surface area contributed by atoms with E-state index in [1.807, 2.05) is 0 Å². The van der Waals surface area contributed by atoms with E-state index in [4.69, 9.17) is 0 Å². The van der Waals surface area contributed by atoms with Gasteiger partial charge in [0.2, 0.25) is 0 Å². The van der Waals surface area contributed by atoms with Crippen molar-refractivity contribution in [2.75, 3.05) is 20.1 Å². The van der Waals surface area contributed by atoms with Gasteiger partial charge >= 0.3 is 0 Å². The molecule has 0 saturated carbocycles. The molecule has 1 nitrogen and oxygen atoms in total. The predicted octanol–water partition coefficient (Wildman–Crippen LogP) is 4.18. The third kappa shape index (κ3) is 6.94. The van der Waals surface area contributed by atoms with E-state index >= 15 is 0 Å². The first-order chi connectivity index (χ1) is 6.72. The highest BCUT2D eigenvalue weighted by Crippen LogP contribution is 2.37. The van der Waals surface area contributed by atoms with Crippen LogP contribution in [0.4, 0.5) is 0 Å². The Morgan fingerprint density at radius 2 is 1.47 bits per heavy atom. The van der Waals surface area contributed by atoms with Gasteiger partial charge in [-0.05, 0) is 37.3 Å². The van der Waals surface area contributed by atoms with Gasteiger partial charge in [-0.2, -0.15) is 0 Å². The summed E-state index contributed by atoms with van der Waals surface area (Å²) in [6.45, 7) is 16.5. The molecule has 0 aliphatic carbocycles. The highest BCUT2D eigenvalue weighted by atomic mass is 15.1. The van der Waals surface area contributed by atoms with Gasteiger partial charge in [-0.3, -0.25) is 0 Å². The Morgan fingerprint density at radius 3 is 1.87 bits per heavy atom. The van der Waals surface area contributed by atoms with Gasteiger partial charge in [-0.15, -0.1) is 0 Å². The zero-order valence-corrected chi connectivity index (χ0v) is 12.0. The molecule has 0 aromatic heterocycles. The lowest BCUT2D eigenvalue weighted by molar-refractivity contribution is 0.133. The smallest absolute Gasteiger partial charge is 0.00297 e. The average molecular weight is 213 g/mol. The minimum atomic E-state index is 0.434. The molecule has 0 unspecified atom stereocenters. The second kappa shape index (κ2) is 5.89. The van der Waals surface area contributed by atoms with Crippen molar-refractivity contribution < 1.29 is 0 Å². The summed E-state index contributed by atoms with van der Waals surface area (Å²) in [6.07, 6.45) is 3.96. The fraction of sp³-hybridized carbons (Fsp3) is 1.00. The standard InChI is InChI=1S/C14H31N/c1-8-10-13(3,4)11-14(5,6)12-15(7)9-2/h8-12H2,1-7H3. The maximum atomic E-state index is 2.42. The fourth-order valence-electron chi connectivity index (χ4n) is 2.96. The molecule has 0 aromatic rings. The predicted molar refractivity (Wildman–Crippen MR) is 70.3 cm³/mol. The molecule has 0 spiro atoms. The maximum absolute atomic E-state index is 2.42. The number of hydrogen-bond acceptors (Lipinski definition) is 1. The Bertz CT molecular complexity index is 170. The summed E-state index contributed by atoms with van der Waals surface area (Å²) in [6, 6.07) is 0. The van der Waals surface area contributed by atoms with Crippen LogP contribution in [0.2, 0.25) is 0 Å². The zero-order chi connectivity index (χ0) is 12.1. The summed E-state index contributed by atoms with van der Waals surface area (Å²) >= 11 is 0. The van der Waals surface area contributed by atoms with Gasteiger partial charge in [0.25, 0.3) is 0 Å². The van der Waals surface area contributed by atoms with E-state index < -0.39 is 0 Å². The van der Waals surface area contributed by atoms with Crippen molar-refractivity contribution in [1.82, 2.24) is 4.90 Å². The average Bonchev–Trinajstić information content (AvgIpc) is 2.00. The van der Waals surface area contributed by atoms with Crippen molar-refractivity contribution in [3.8, 4) is 0 Å². The molecule has 0 heterocycles. The van der Waals surface area contributed by atoms with Crippen LogP contribution in [0.5, 0.6) is 0 Å². The second-order valence-electron chi connectivity index (χ2n) is 6.59. The van der Waals surface area contributed by atoms with Crippen LogP contribution in [-0.4, -0.2) is 25.0 Å². The highest BCUT2D eigenvalue weighted by molar-refractivity contribution is 4.80. The molecule has 0 fully saturated rings. The first-order valence-electron chi connectivity index (χ1n) is 6.41. The van der Waals surface area contributed by atoms with Gasteiger partial charge in [0, 0.05) is 6.54 Å². The molecule has 0 aliphatic rings. The molecule has 0 aromatic carbocycles. The summed E-state index contributed by atoms with van der Waals surface area (Å²) in [4.78, 5) is 2.42. The second-order valence-corrected chi connectivity index (χ2v) is 6.59. The van der Waals surface area contributed by atoms with Gasteiger partial charge in [0.1, 0.15) is 0 Å². The molecule has 0 bridgehead atoms. The molecular weight excluding hydrogens is 182 g/mol. The first kappa shape index (κ1) is 15.0. The molecule has 92 valence electrons. The lowest BCUT2D eigenvalue weighted by atomic mass is 9.73. The Morgan fingerprint density at radius 1 is 0.933 bits per heavy atom. The van der Waals surface area contributed by atoms with Gasteiger partial charge in [0.05, 0.1) is 0 Å². The summed E-state index contributed by atoms with van der Waals surface area (Å²) in [5.74, 6) is 0. The van der Waals surface area contributed by atoms with Crippen molar-refractivity contribution in [3.63, 3.8) is 0 Å². The molecule has 0 radical (unpaired) electrons. The van der Waals surface area contributed by atoms with Crippen LogP contribution in [0.15, 0.2) is 0 Å². The van der Waals surface area contributed by atoms with E-state index in [2.05, 4.69) is 53.5 Å². The molecule has 0 N–H and O–H groups in total. The normalized spacial score (nSPS) is 13.6. The number of hydrogen-bond donors (Lipinski definition) is 0. The van der Waals surface area contributed by atoms with Crippen LogP contribution >= 0.6 is 0 Å². The Balaban J connectivity index is 4.22. The van der Waals surface area contributed by atoms with Crippen LogP contribution in [0.3, 0.4) is 0 Å². The Labute approximate surface area is 97.2 Å². The molecule has 1 heteroatoms. The number of rotatable bonds is 7.